The molecule has 0 heterocycles. The van der Waals surface area contributed by atoms with E-state index in [0.29, 0.717) is 0 Å². The largest absolute Gasteiger partial charge is 0.507 e. The summed E-state index contributed by atoms with van der Waals surface area (Å²) in [6, 6.07) is 67.4. The lowest BCUT2D eigenvalue weighted by molar-refractivity contribution is 0.478. The molecule has 0 aliphatic heterocycles. The van der Waals surface area contributed by atoms with E-state index >= 15 is 0 Å². The van der Waals surface area contributed by atoms with Crippen LogP contribution < -0.4 is 0 Å². The minimum atomic E-state index is -0.598. The Bertz CT molecular complexity index is 2750. The maximum Gasteiger partial charge on any atom is 0.131 e. The van der Waals surface area contributed by atoms with E-state index in [1.165, 1.54) is 0 Å². The van der Waals surface area contributed by atoms with Crippen molar-refractivity contribution in [3.05, 3.63) is 205 Å². The van der Waals surface area contributed by atoms with Crippen molar-refractivity contribution in [1.29, 1.82) is 0 Å². The topological polar surface area (TPSA) is 40.5 Å². The number of hydrogen-bond acceptors (Lipinski definition) is 2. The number of phenols is 2. The molecule has 0 atom stereocenters. The molecule has 0 radical (unpaired) electrons. The number of fused-ring (bicyclic) bond motifs is 4. The second-order valence-corrected chi connectivity index (χ2v) is 15.6. The summed E-state index contributed by atoms with van der Waals surface area (Å²) in [6.07, 6.45) is 0. The summed E-state index contributed by atoms with van der Waals surface area (Å²) < 4.78 is 0. The highest BCUT2D eigenvalue weighted by molar-refractivity contribution is 6.05. The summed E-state index contributed by atoms with van der Waals surface area (Å²) >= 11 is 0. The van der Waals surface area contributed by atoms with Crippen molar-refractivity contribution in [3.8, 4) is 56.0 Å². The van der Waals surface area contributed by atoms with Gasteiger partial charge in [0.2, 0.25) is 0 Å². The van der Waals surface area contributed by atoms with Gasteiger partial charge >= 0.3 is 0 Å². The second kappa shape index (κ2) is 13.5. The number of aromatic hydroxyl groups is 2. The fraction of sp³-hybridized carbons (Fsp3) is 0.0545. The SMILES string of the molecule is CC(C)(c1cc(-c2cccc3ccccc23)c(O)c(-c2cccc3ccccc23)c1)c1cc(-c2cccc3ccccc23)c(O)c(-c2cccc3ccccc23)c1. The van der Waals surface area contributed by atoms with Crippen molar-refractivity contribution < 1.29 is 10.2 Å². The highest BCUT2D eigenvalue weighted by Crippen LogP contribution is 2.50. The summed E-state index contributed by atoms with van der Waals surface area (Å²) in [6.45, 7) is 4.51. The Labute approximate surface area is 332 Å². The average Bonchev–Trinajstić information content (AvgIpc) is 3.26. The van der Waals surface area contributed by atoms with Crippen LogP contribution in [0, 0.1) is 0 Å². The average molecular weight is 733 g/mol. The van der Waals surface area contributed by atoms with Crippen molar-refractivity contribution in [3.63, 3.8) is 0 Å². The van der Waals surface area contributed by atoms with Crippen molar-refractivity contribution >= 4 is 43.1 Å². The van der Waals surface area contributed by atoms with Crippen molar-refractivity contribution in [2.75, 3.05) is 0 Å². The van der Waals surface area contributed by atoms with Crippen LogP contribution in [0.4, 0.5) is 0 Å². The maximum atomic E-state index is 12.5. The zero-order valence-corrected chi connectivity index (χ0v) is 31.9. The molecule has 2 heteroatoms. The van der Waals surface area contributed by atoms with E-state index in [1.807, 2.05) is 0 Å². The Morgan fingerprint density at radius 1 is 0.281 bits per heavy atom. The number of benzene rings is 10. The van der Waals surface area contributed by atoms with Crippen molar-refractivity contribution in [2.24, 2.45) is 0 Å². The molecule has 2 nitrogen and oxygen atoms in total. The Kier molecular flexibility index (Phi) is 8.16. The number of phenolic OH excluding ortho intramolecular Hbond substituents is 2. The normalized spacial score (nSPS) is 11.8. The van der Waals surface area contributed by atoms with E-state index in [0.717, 1.165) is 98.7 Å². The highest BCUT2D eigenvalue weighted by atomic mass is 16.3. The molecule has 0 unspecified atom stereocenters. The fourth-order valence-electron chi connectivity index (χ4n) is 8.82. The molecule has 57 heavy (non-hydrogen) atoms. The van der Waals surface area contributed by atoms with Gasteiger partial charge in [-0.2, -0.15) is 0 Å². The van der Waals surface area contributed by atoms with Crippen LogP contribution in [0.15, 0.2) is 194 Å². The Morgan fingerprint density at radius 2 is 0.509 bits per heavy atom. The third-order valence-corrected chi connectivity index (χ3v) is 12.0. The third kappa shape index (κ3) is 5.72. The van der Waals surface area contributed by atoms with Crippen LogP contribution in [0.3, 0.4) is 0 Å². The molecule has 0 aromatic heterocycles. The van der Waals surface area contributed by atoms with Gasteiger partial charge in [-0.15, -0.1) is 0 Å². The van der Waals surface area contributed by atoms with Crippen LogP contribution >= 0.6 is 0 Å². The molecular weight excluding hydrogens is 693 g/mol. The van der Waals surface area contributed by atoms with E-state index < -0.39 is 5.41 Å². The summed E-state index contributed by atoms with van der Waals surface area (Å²) in [7, 11) is 0. The minimum absolute atomic E-state index is 0.251. The lowest BCUT2D eigenvalue weighted by atomic mass is 9.74. The van der Waals surface area contributed by atoms with Crippen LogP contribution in [0.1, 0.15) is 25.0 Å². The highest BCUT2D eigenvalue weighted by Gasteiger charge is 2.30. The zero-order valence-electron chi connectivity index (χ0n) is 31.9. The second-order valence-electron chi connectivity index (χ2n) is 15.6. The van der Waals surface area contributed by atoms with Gasteiger partial charge in [0, 0.05) is 27.7 Å². The molecular formula is C55H40O2. The first-order chi connectivity index (χ1) is 27.9. The van der Waals surface area contributed by atoms with E-state index in [4.69, 9.17) is 0 Å². The summed E-state index contributed by atoms with van der Waals surface area (Å²) in [4.78, 5) is 0. The van der Waals surface area contributed by atoms with Gasteiger partial charge in [-0.05, 0) is 101 Å². The lowest BCUT2D eigenvalue weighted by Gasteiger charge is -2.30. The van der Waals surface area contributed by atoms with Gasteiger partial charge < -0.3 is 10.2 Å². The molecule has 10 aromatic rings. The standard InChI is InChI=1S/C55H40O2/c1-55(2,39-31-49(45-27-11-19-35-15-3-7-23-41(35)45)53(56)50(32-39)46-28-12-20-36-16-4-8-24-42(36)46)40-33-51(47-29-13-21-37-17-5-9-25-43(37)47)54(57)52(34-40)48-30-14-22-38-18-6-10-26-44(38)48/h3-34,56-57H,1-2H3. The molecule has 0 saturated carbocycles. The predicted molar refractivity (Wildman–Crippen MR) is 240 cm³/mol. The van der Waals surface area contributed by atoms with Crippen LogP contribution in [0.25, 0.3) is 87.6 Å². The fourth-order valence-corrected chi connectivity index (χ4v) is 8.82. The third-order valence-electron chi connectivity index (χ3n) is 12.0. The van der Waals surface area contributed by atoms with Crippen molar-refractivity contribution in [1.82, 2.24) is 0 Å². The smallest absolute Gasteiger partial charge is 0.131 e. The number of rotatable bonds is 6. The molecule has 0 spiro atoms. The van der Waals surface area contributed by atoms with Gasteiger partial charge in [0.25, 0.3) is 0 Å². The molecule has 10 rings (SSSR count). The predicted octanol–water partition coefficient (Wildman–Crippen LogP) is 14.7. The monoisotopic (exact) mass is 732 g/mol. The Hall–Kier alpha value is -7.16. The van der Waals surface area contributed by atoms with Gasteiger partial charge in [-0.1, -0.05) is 184 Å². The Balaban J connectivity index is 1.28. The first-order valence-corrected chi connectivity index (χ1v) is 19.5. The lowest BCUT2D eigenvalue weighted by Crippen LogP contribution is -2.19. The van der Waals surface area contributed by atoms with Gasteiger partial charge in [0.05, 0.1) is 0 Å². The zero-order chi connectivity index (χ0) is 38.7. The quantitative estimate of drug-likeness (QED) is 0.179. The molecule has 272 valence electrons. The number of hydrogen-bond donors (Lipinski definition) is 2. The van der Waals surface area contributed by atoms with Gasteiger partial charge in [-0.3, -0.25) is 0 Å². The van der Waals surface area contributed by atoms with E-state index in [2.05, 4.69) is 208 Å². The van der Waals surface area contributed by atoms with Gasteiger partial charge in [0.15, 0.2) is 0 Å². The summed E-state index contributed by atoms with van der Waals surface area (Å²) in [5.41, 5.74) is 8.52. The van der Waals surface area contributed by atoms with Gasteiger partial charge in [0.1, 0.15) is 11.5 Å². The molecule has 0 aliphatic carbocycles. The maximum absolute atomic E-state index is 12.5. The van der Waals surface area contributed by atoms with Crippen molar-refractivity contribution in [2.45, 2.75) is 19.3 Å². The molecule has 0 amide bonds. The summed E-state index contributed by atoms with van der Waals surface area (Å²) in [5, 5.41) is 33.7. The molecule has 2 N–H and O–H groups in total. The van der Waals surface area contributed by atoms with Gasteiger partial charge in [-0.25, -0.2) is 0 Å². The first kappa shape index (κ1) is 34.3. The van der Waals surface area contributed by atoms with E-state index in [1.54, 1.807) is 0 Å². The van der Waals surface area contributed by atoms with Crippen LogP contribution in [-0.4, -0.2) is 10.2 Å². The first-order valence-electron chi connectivity index (χ1n) is 19.5. The molecule has 0 saturated heterocycles. The molecule has 0 bridgehead atoms. The minimum Gasteiger partial charge on any atom is -0.507 e. The van der Waals surface area contributed by atoms with Crippen LogP contribution in [0.5, 0.6) is 11.5 Å². The van der Waals surface area contributed by atoms with Crippen LogP contribution in [0.2, 0.25) is 0 Å². The molecule has 0 fully saturated rings. The Morgan fingerprint density at radius 3 is 0.772 bits per heavy atom. The van der Waals surface area contributed by atoms with Crippen LogP contribution in [-0.2, 0) is 5.41 Å². The van der Waals surface area contributed by atoms with E-state index in [-0.39, 0.29) is 11.5 Å². The van der Waals surface area contributed by atoms with E-state index in [9.17, 15) is 10.2 Å². The summed E-state index contributed by atoms with van der Waals surface area (Å²) in [5.74, 6) is 0.502. The molecule has 10 aromatic carbocycles. The molecule has 0 aliphatic rings.